The van der Waals surface area contributed by atoms with E-state index in [0.717, 1.165) is 0 Å². The van der Waals surface area contributed by atoms with Crippen LogP contribution in [0.3, 0.4) is 0 Å². The number of aliphatic carboxylic acids is 1. The van der Waals surface area contributed by atoms with Crippen LogP contribution in [0.25, 0.3) is 0 Å². The predicted octanol–water partition coefficient (Wildman–Crippen LogP) is 0.260. The molecule has 0 saturated carbocycles. The Labute approximate surface area is 114 Å². The molecule has 8 heteroatoms. The highest BCUT2D eigenvalue weighted by atomic mass is 16.6. The molecule has 0 aromatic heterocycles. The molecule has 1 aromatic rings. The molecule has 0 radical (unpaired) electrons. The van der Waals surface area contributed by atoms with Gasteiger partial charge < -0.3 is 15.5 Å². The van der Waals surface area contributed by atoms with Gasteiger partial charge in [0.15, 0.2) is 0 Å². The SMILES string of the molecule is CC(C(=O)NC(CO)C(=O)O)c1cccc([N+](=O)[O-])c1. The number of non-ortho nitro benzene ring substituents is 1. The van der Waals surface area contributed by atoms with Crippen LogP contribution < -0.4 is 5.32 Å². The Morgan fingerprint density at radius 2 is 2.10 bits per heavy atom. The zero-order valence-electron chi connectivity index (χ0n) is 10.6. The third-order valence-corrected chi connectivity index (χ3v) is 2.77. The van der Waals surface area contributed by atoms with Crippen LogP contribution in [0.1, 0.15) is 18.4 Å². The minimum atomic E-state index is -1.40. The molecule has 2 atom stereocenters. The molecule has 0 aliphatic heterocycles. The van der Waals surface area contributed by atoms with Crippen LogP contribution in [0.4, 0.5) is 5.69 Å². The van der Waals surface area contributed by atoms with Crippen molar-refractivity contribution >= 4 is 17.6 Å². The van der Waals surface area contributed by atoms with Crippen molar-refractivity contribution in [3.8, 4) is 0 Å². The van der Waals surface area contributed by atoms with Gasteiger partial charge in [-0.2, -0.15) is 0 Å². The molecular formula is C12H14N2O6. The van der Waals surface area contributed by atoms with E-state index in [-0.39, 0.29) is 5.69 Å². The Kier molecular flexibility index (Phi) is 5.15. The zero-order chi connectivity index (χ0) is 15.3. The van der Waals surface area contributed by atoms with Crippen molar-refractivity contribution < 1.29 is 24.7 Å². The summed E-state index contributed by atoms with van der Waals surface area (Å²) < 4.78 is 0. The van der Waals surface area contributed by atoms with Crippen LogP contribution in [-0.4, -0.2) is 39.7 Å². The molecule has 108 valence electrons. The van der Waals surface area contributed by atoms with Crippen LogP contribution in [0.2, 0.25) is 0 Å². The number of benzene rings is 1. The summed E-state index contributed by atoms with van der Waals surface area (Å²) >= 11 is 0. The summed E-state index contributed by atoms with van der Waals surface area (Å²) in [7, 11) is 0. The summed E-state index contributed by atoms with van der Waals surface area (Å²) in [6.45, 7) is 0.757. The van der Waals surface area contributed by atoms with E-state index in [1.807, 2.05) is 0 Å². The average Bonchev–Trinajstić information content (AvgIpc) is 2.43. The number of carboxylic acid groups (broad SMARTS) is 1. The Morgan fingerprint density at radius 3 is 2.60 bits per heavy atom. The van der Waals surface area contributed by atoms with Crippen LogP contribution in [0.15, 0.2) is 24.3 Å². The van der Waals surface area contributed by atoms with Crippen LogP contribution in [-0.2, 0) is 9.59 Å². The topological polar surface area (TPSA) is 130 Å². The lowest BCUT2D eigenvalue weighted by Gasteiger charge is -2.16. The number of carboxylic acids is 1. The molecule has 1 amide bonds. The lowest BCUT2D eigenvalue weighted by molar-refractivity contribution is -0.384. The molecule has 2 unspecified atom stereocenters. The molecule has 1 aromatic carbocycles. The zero-order valence-corrected chi connectivity index (χ0v) is 10.6. The van der Waals surface area contributed by atoms with Crippen molar-refractivity contribution in [1.29, 1.82) is 0 Å². The summed E-state index contributed by atoms with van der Waals surface area (Å²) in [5.74, 6) is -2.76. The number of rotatable bonds is 6. The minimum absolute atomic E-state index is 0.154. The second-order valence-electron chi connectivity index (χ2n) is 4.16. The van der Waals surface area contributed by atoms with Crippen molar-refractivity contribution in [2.75, 3.05) is 6.61 Å². The molecule has 0 aliphatic rings. The summed E-state index contributed by atoms with van der Waals surface area (Å²) in [4.78, 5) is 32.6. The predicted molar refractivity (Wildman–Crippen MR) is 68.2 cm³/mol. The second kappa shape index (κ2) is 6.62. The molecule has 0 heterocycles. The monoisotopic (exact) mass is 282 g/mol. The third-order valence-electron chi connectivity index (χ3n) is 2.77. The van der Waals surface area contributed by atoms with Gasteiger partial charge in [-0.25, -0.2) is 4.79 Å². The first kappa shape index (κ1) is 15.6. The minimum Gasteiger partial charge on any atom is -0.480 e. The van der Waals surface area contributed by atoms with Crippen molar-refractivity contribution in [1.82, 2.24) is 5.32 Å². The summed E-state index contributed by atoms with van der Waals surface area (Å²) in [5.41, 5.74) is 0.234. The fourth-order valence-corrected chi connectivity index (χ4v) is 1.54. The van der Waals surface area contributed by atoms with Gasteiger partial charge in [-0.15, -0.1) is 0 Å². The first-order valence-corrected chi connectivity index (χ1v) is 5.75. The second-order valence-corrected chi connectivity index (χ2v) is 4.16. The molecular weight excluding hydrogens is 268 g/mol. The van der Waals surface area contributed by atoms with E-state index in [4.69, 9.17) is 10.2 Å². The molecule has 0 spiro atoms. The Hall–Kier alpha value is -2.48. The quantitative estimate of drug-likeness (QED) is 0.507. The van der Waals surface area contributed by atoms with E-state index < -0.39 is 35.4 Å². The molecule has 3 N–H and O–H groups in total. The highest BCUT2D eigenvalue weighted by molar-refractivity contribution is 5.88. The number of aliphatic hydroxyl groups excluding tert-OH is 1. The number of hydrogen-bond donors (Lipinski definition) is 3. The van der Waals surface area contributed by atoms with Gasteiger partial charge in [0.25, 0.3) is 5.69 Å². The fourth-order valence-electron chi connectivity index (χ4n) is 1.54. The summed E-state index contributed by atoms with van der Waals surface area (Å²) in [5, 5.41) is 30.4. The number of nitrogens with zero attached hydrogens (tertiary/aromatic N) is 1. The van der Waals surface area contributed by atoms with Crippen LogP contribution in [0, 0.1) is 10.1 Å². The molecule has 0 bridgehead atoms. The van der Waals surface area contributed by atoms with E-state index in [2.05, 4.69) is 5.32 Å². The van der Waals surface area contributed by atoms with Gasteiger partial charge in [0, 0.05) is 12.1 Å². The number of carbonyl (C=O) groups is 2. The number of carbonyl (C=O) groups excluding carboxylic acids is 1. The third kappa shape index (κ3) is 3.75. The highest BCUT2D eigenvalue weighted by Crippen LogP contribution is 2.20. The normalized spacial score (nSPS) is 13.3. The van der Waals surface area contributed by atoms with Crippen molar-refractivity contribution in [2.24, 2.45) is 0 Å². The van der Waals surface area contributed by atoms with Crippen molar-refractivity contribution in [2.45, 2.75) is 18.9 Å². The molecule has 0 aliphatic carbocycles. The largest absolute Gasteiger partial charge is 0.480 e. The van der Waals surface area contributed by atoms with Gasteiger partial charge in [0.2, 0.25) is 5.91 Å². The fraction of sp³-hybridized carbons (Fsp3) is 0.333. The maximum atomic E-state index is 11.8. The van der Waals surface area contributed by atoms with Gasteiger partial charge in [-0.3, -0.25) is 14.9 Å². The van der Waals surface area contributed by atoms with E-state index in [1.165, 1.54) is 31.2 Å². The molecule has 8 nitrogen and oxygen atoms in total. The van der Waals surface area contributed by atoms with Gasteiger partial charge >= 0.3 is 5.97 Å². The van der Waals surface area contributed by atoms with E-state index in [0.29, 0.717) is 5.56 Å². The van der Waals surface area contributed by atoms with Gasteiger partial charge in [-0.05, 0) is 12.5 Å². The number of nitro benzene ring substituents is 1. The molecule has 0 saturated heterocycles. The lowest BCUT2D eigenvalue weighted by Crippen LogP contribution is -2.44. The standard InChI is InChI=1S/C12H14N2O6/c1-7(11(16)13-10(6-15)12(17)18)8-3-2-4-9(5-8)14(19)20/h2-5,7,10,15H,6H2,1H3,(H,13,16)(H,17,18). The van der Waals surface area contributed by atoms with Crippen molar-refractivity contribution in [3.63, 3.8) is 0 Å². The Balaban J connectivity index is 2.86. The lowest BCUT2D eigenvalue weighted by atomic mass is 9.99. The molecule has 20 heavy (non-hydrogen) atoms. The first-order valence-electron chi connectivity index (χ1n) is 5.75. The first-order chi connectivity index (χ1) is 9.36. The maximum absolute atomic E-state index is 11.8. The highest BCUT2D eigenvalue weighted by Gasteiger charge is 2.23. The Bertz CT molecular complexity index is 530. The van der Waals surface area contributed by atoms with E-state index >= 15 is 0 Å². The van der Waals surface area contributed by atoms with Gasteiger partial charge in [0.1, 0.15) is 6.04 Å². The molecule has 1 rings (SSSR count). The number of amides is 1. The van der Waals surface area contributed by atoms with Gasteiger partial charge in [0.05, 0.1) is 17.4 Å². The average molecular weight is 282 g/mol. The van der Waals surface area contributed by atoms with Gasteiger partial charge in [-0.1, -0.05) is 12.1 Å². The maximum Gasteiger partial charge on any atom is 0.328 e. The van der Waals surface area contributed by atoms with Crippen molar-refractivity contribution in [3.05, 3.63) is 39.9 Å². The van der Waals surface area contributed by atoms with E-state index in [9.17, 15) is 19.7 Å². The summed E-state index contributed by atoms with van der Waals surface area (Å²) in [6.07, 6.45) is 0. The number of aliphatic hydroxyl groups is 1. The number of nitrogens with one attached hydrogen (secondary N) is 1. The summed E-state index contributed by atoms with van der Waals surface area (Å²) in [6, 6.07) is 4.12. The molecule has 0 fully saturated rings. The smallest absolute Gasteiger partial charge is 0.328 e. The Morgan fingerprint density at radius 1 is 1.45 bits per heavy atom. The van der Waals surface area contributed by atoms with Crippen LogP contribution >= 0.6 is 0 Å². The number of hydrogen-bond acceptors (Lipinski definition) is 5. The number of nitro groups is 1. The van der Waals surface area contributed by atoms with E-state index in [1.54, 1.807) is 0 Å². The van der Waals surface area contributed by atoms with Crippen LogP contribution in [0.5, 0.6) is 0 Å².